The Morgan fingerprint density at radius 2 is 2.27 bits per heavy atom. The molecule has 15 heavy (non-hydrogen) atoms. The smallest absolute Gasteiger partial charge is 0.254 e. The third-order valence-electron chi connectivity index (χ3n) is 1.83. The van der Waals surface area contributed by atoms with Crippen molar-refractivity contribution in [2.24, 2.45) is 0 Å². The molecule has 0 radical (unpaired) electrons. The largest absolute Gasteiger partial charge is 0.345 e. The molecule has 0 unspecified atom stereocenters. The van der Waals surface area contributed by atoms with Gasteiger partial charge in [-0.05, 0) is 12.3 Å². The van der Waals surface area contributed by atoms with Crippen molar-refractivity contribution in [3.05, 3.63) is 23.5 Å². The highest BCUT2D eigenvalue weighted by Crippen LogP contribution is 2.19. The molecular formula is C10H11N3OS. The number of amides is 1. The lowest BCUT2D eigenvalue weighted by Gasteiger charge is -2.10. The van der Waals surface area contributed by atoms with Crippen molar-refractivity contribution in [3.8, 4) is 6.07 Å². The summed E-state index contributed by atoms with van der Waals surface area (Å²) < 4.78 is 0. The number of carbonyl (C=O) groups is 1. The van der Waals surface area contributed by atoms with Crippen LogP contribution in [0, 0.1) is 11.3 Å². The fourth-order valence-corrected chi connectivity index (χ4v) is 1.60. The molecule has 0 fully saturated rings. The number of nitriles is 1. The van der Waals surface area contributed by atoms with E-state index >= 15 is 0 Å². The number of pyridine rings is 1. The van der Waals surface area contributed by atoms with Crippen LogP contribution in [0.4, 0.5) is 0 Å². The average Bonchev–Trinajstić information content (AvgIpc) is 2.26. The van der Waals surface area contributed by atoms with Gasteiger partial charge < -0.3 is 4.90 Å². The lowest BCUT2D eigenvalue weighted by molar-refractivity contribution is 0.0827. The van der Waals surface area contributed by atoms with Gasteiger partial charge in [0, 0.05) is 25.2 Å². The first-order valence-electron chi connectivity index (χ1n) is 4.26. The molecule has 78 valence electrons. The lowest BCUT2D eigenvalue weighted by Crippen LogP contribution is -2.21. The zero-order chi connectivity index (χ0) is 11.4. The Balaban J connectivity index is 3.15. The highest BCUT2D eigenvalue weighted by Gasteiger charge is 2.11. The van der Waals surface area contributed by atoms with E-state index < -0.39 is 0 Å². The summed E-state index contributed by atoms with van der Waals surface area (Å²) in [7, 11) is 3.36. The van der Waals surface area contributed by atoms with Crippen molar-refractivity contribution < 1.29 is 4.79 Å². The van der Waals surface area contributed by atoms with E-state index in [1.807, 2.05) is 12.3 Å². The van der Waals surface area contributed by atoms with Crippen molar-refractivity contribution >= 4 is 17.7 Å². The summed E-state index contributed by atoms with van der Waals surface area (Å²) in [6, 6.07) is 3.68. The quantitative estimate of drug-likeness (QED) is 0.708. The molecule has 0 bridgehead atoms. The van der Waals surface area contributed by atoms with Gasteiger partial charge in [0.1, 0.15) is 6.07 Å². The number of carbonyl (C=O) groups excluding carboxylic acids is 1. The second-order valence-corrected chi connectivity index (χ2v) is 3.93. The highest BCUT2D eigenvalue weighted by molar-refractivity contribution is 7.98. The predicted molar refractivity (Wildman–Crippen MR) is 58.8 cm³/mol. The molecule has 0 N–H and O–H groups in total. The van der Waals surface area contributed by atoms with Crippen LogP contribution in [0.3, 0.4) is 0 Å². The molecule has 0 aliphatic rings. The van der Waals surface area contributed by atoms with Crippen LogP contribution < -0.4 is 0 Å². The van der Waals surface area contributed by atoms with Gasteiger partial charge in [-0.3, -0.25) is 4.79 Å². The molecule has 0 saturated carbocycles. The average molecular weight is 221 g/mol. The number of hydrogen-bond donors (Lipinski definition) is 0. The van der Waals surface area contributed by atoms with E-state index in [9.17, 15) is 4.79 Å². The van der Waals surface area contributed by atoms with Crippen LogP contribution in [0.15, 0.2) is 17.2 Å². The van der Waals surface area contributed by atoms with Crippen LogP contribution in [0.1, 0.15) is 16.1 Å². The Morgan fingerprint density at radius 3 is 2.73 bits per heavy atom. The van der Waals surface area contributed by atoms with Gasteiger partial charge in [-0.25, -0.2) is 4.98 Å². The van der Waals surface area contributed by atoms with Crippen LogP contribution in [-0.2, 0) is 0 Å². The Labute approximate surface area is 92.9 Å². The van der Waals surface area contributed by atoms with E-state index in [1.165, 1.54) is 22.9 Å². The zero-order valence-electron chi connectivity index (χ0n) is 8.81. The number of nitrogens with zero attached hydrogens (tertiary/aromatic N) is 3. The summed E-state index contributed by atoms with van der Waals surface area (Å²) >= 11 is 1.41. The van der Waals surface area contributed by atoms with Crippen molar-refractivity contribution in [1.82, 2.24) is 9.88 Å². The number of aromatic nitrogens is 1. The third-order valence-corrected chi connectivity index (χ3v) is 2.58. The van der Waals surface area contributed by atoms with Gasteiger partial charge in [-0.1, -0.05) is 0 Å². The second-order valence-electron chi connectivity index (χ2n) is 3.09. The van der Waals surface area contributed by atoms with Crippen LogP contribution in [0.25, 0.3) is 0 Å². The van der Waals surface area contributed by atoms with Crippen LogP contribution >= 0.6 is 11.8 Å². The van der Waals surface area contributed by atoms with E-state index in [1.54, 1.807) is 20.2 Å². The van der Waals surface area contributed by atoms with Crippen LogP contribution in [-0.4, -0.2) is 36.1 Å². The summed E-state index contributed by atoms with van der Waals surface area (Å²) in [5.41, 5.74) is 0.862. The molecule has 1 rings (SSSR count). The molecule has 0 saturated heterocycles. The topological polar surface area (TPSA) is 57.0 Å². The number of rotatable bonds is 2. The summed E-state index contributed by atoms with van der Waals surface area (Å²) in [6.07, 6.45) is 3.28. The Hall–Kier alpha value is -1.54. The molecule has 5 heteroatoms. The fourth-order valence-electron chi connectivity index (χ4n) is 1.06. The van der Waals surface area contributed by atoms with Gasteiger partial charge in [0.05, 0.1) is 5.56 Å². The molecule has 1 aromatic heterocycles. The molecule has 0 atom stereocenters. The van der Waals surface area contributed by atoms with Gasteiger partial charge in [-0.15, -0.1) is 11.8 Å². The maximum Gasteiger partial charge on any atom is 0.254 e. The summed E-state index contributed by atoms with van der Waals surface area (Å²) in [6.45, 7) is 0. The van der Waals surface area contributed by atoms with E-state index in [-0.39, 0.29) is 5.91 Å². The van der Waals surface area contributed by atoms with Crippen LogP contribution in [0.5, 0.6) is 0 Å². The molecule has 0 aromatic carbocycles. The van der Waals surface area contributed by atoms with Gasteiger partial charge in [-0.2, -0.15) is 5.26 Å². The molecule has 0 spiro atoms. The van der Waals surface area contributed by atoms with Crippen molar-refractivity contribution in [2.45, 2.75) is 4.90 Å². The standard InChI is InChI=1S/C10H11N3OS/c1-13(2)10(14)7-4-9(15-3)8(5-11)12-6-7/h4,6H,1-3H3. The van der Waals surface area contributed by atoms with E-state index in [0.717, 1.165) is 4.90 Å². The summed E-state index contributed by atoms with van der Waals surface area (Å²) in [5.74, 6) is -0.109. The third kappa shape index (κ3) is 2.48. The van der Waals surface area contributed by atoms with Gasteiger partial charge >= 0.3 is 0 Å². The maximum absolute atomic E-state index is 11.6. The Bertz CT molecular complexity index is 423. The first kappa shape index (κ1) is 11.5. The molecule has 1 amide bonds. The molecule has 0 aliphatic heterocycles. The van der Waals surface area contributed by atoms with E-state index in [0.29, 0.717) is 11.3 Å². The maximum atomic E-state index is 11.6. The minimum Gasteiger partial charge on any atom is -0.345 e. The SMILES string of the molecule is CSc1cc(C(=O)N(C)C)cnc1C#N. The van der Waals surface area contributed by atoms with E-state index in [2.05, 4.69) is 4.98 Å². The second kappa shape index (κ2) is 4.80. The Morgan fingerprint density at radius 1 is 1.60 bits per heavy atom. The minimum atomic E-state index is -0.109. The van der Waals surface area contributed by atoms with Crippen molar-refractivity contribution in [2.75, 3.05) is 20.4 Å². The molecule has 0 aliphatic carbocycles. The summed E-state index contributed by atoms with van der Waals surface area (Å²) in [5, 5.41) is 8.77. The normalized spacial score (nSPS) is 9.47. The Kier molecular flexibility index (Phi) is 3.69. The fraction of sp³-hybridized carbons (Fsp3) is 0.300. The van der Waals surface area contributed by atoms with Gasteiger partial charge in [0.15, 0.2) is 5.69 Å². The lowest BCUT2D eigenvalue weighted by atomic mass is 10.2. The highest BCUT2D eigenvalue weighted by atomic mass is 32.2. The van der Waals surface area contributed by atoms with Crippen molar-refractivity contribution in [1.29, 1.82) is 5.26 Å². The molecule has 4 nitrogen and oxygen atoms in total. The monoisotopic (exact) mass is 221 g/mol. The molecule has 1 aromatic rings. The van der Waals surface area contributed by atoms with Gasteiger partial charge in [0.2, 0.25) is 0 Å². The van der Waals surface area contributed by atoms with Crippen LogP contribution in [0.2, 0.25) is 0 Å². The summed E-state index contributed by atoms with van der Waals surface area (Å²) in [4.78, 5) is 17.8. The number of thioether (sulfide) groups is 1. The molecule has 1 heterocycles. The molecular weight excluding hydrogens is 210 g/mol. The van der Waals surface area contributed by atoms with E-state index in [4.69, 9.17) is 5.26 Å². The van der Waals surface area contributed by atoms with Crippen molar-refractivity contribution in [3.63, 3.8) is 0 Å². The zero-order valence-corrected chi connectivity index (χ0v) is 9.63. The first-order valence-corrected chi connectivity index (χ1v) is 5.48. The van der Waals surface area contributed by atoms with Gasteiger partial charge in [0.25, 0.3) is 5.91 Å². The minimum absolute atomic E-state index is 0.109. The predicted octanol–water partition coefficient (Wildman–Crippen LogP) is 1.38. The first-order chi connectivity index (χ1) is 7.10. The number of hydrogen-bond acceptors (Lipinski definition) is 4.